The molecule has 98 valence electrons. The Labute approximate surface area is 114 Å². The molecule has 3 heteroatoms. The van der Waals surface area contributed by atoms with E-state index in [-0.39, 0.29) is 0 Å². The molecule has 2 rings (SSSR count). The van der Waals surface area contributed by atoms with Gasteiger partial charge < -0.3 is 4.90 Å². The highest BCUT2D eigenvalue weighted by Gasteiger charge is 2.12. The van der Waals surface area contributed by atoms with Gasteiger partial charge in [-0.3, -0.25) is 0 Å². The first kappa shape index (κ1) is 13.4. The van der Waals surface area contributed by atoms with Crippen LogP contribution < -0.4 is 4.90 Å². The van der Waals surface area contributed by atoms with E-state index in [9.17, 15) is 5.26 Å². The van der Waals surface area contributed by atoms with Gasteiger partial charge in [-0.15, -0.1) is 0 Å². The summed E-state index contributed by atoms with van der Waals surface area (Å²) in [6, 6.07) is 12.2. The van der Waals surface area contributed by atoms with Gasteiger partial charge in [-0.25, -0.2) is 4.98 Å². The first-order valence-electron chi connectivity index (χ1n) is 6.85. The number of aromatic nitrogens is 1. The second-order valence-electron chi connectivity index (χ2n) is 4.60. The number of unbranched alkanes of at least 4 members (excludes halogenated alkanes) is 1. The van der Waals surface area contributed by atoms with E-state index in [1.54, 1.807) is 0 Å². The summed E-state index contributed by atoms with van der Waals surface area (Å²) >= 11 is 0. The van der Waals surface area contributed by atoms with Gasteiger partial charge in [-0.05, 0) is 25.5 Å². The van der Waals surface area contributed by atoms with Crippen molar-refractivity contribution in [2.75, 3.05) is 18.0 Å². The minimum Gasteiger partial charge on any atom is -0.356 e. The van der Waals surface area contributed by atoms with Crippen molar-refractivity contribution in [3.05, 3.63) is 35.9 Å². The van der Waals surface area contributed by atoms with Crippen LogP contribution in [0.15, 0.2) is 30.3 Å². The fourth-order valence-corrected chi connectivity index (χ4v) is 2.19. The molecule has 0 N–H and O–H groups in total. The molecular weight excluding hydrogens is 234 g/mol. The summed E-state index contributed by atoms with van der Waals surface area (Å²) in [5, 5.41) is 10.4. The number of hydrogen-bond acceptors (Lipinski definition) is 3. The summed E-state index contributed by atoms with van der Waals surface area (Å²) in [5.41, 5.74) is 1.61. The molecule has 0 aliphatic heterocycles. The van der Waals surface area contributed by atoms with Gasteiger partial charge in [-0.1, -0.05) is 31.5 Å². The fraction of sp³-hybridized carbons (Fsp3) is 0.375. The highest BCUT2D eigenvalue weighted by atomic mass is 15.2. The summed E-state index contributed by atoms with van der Waals surface area (Å²) in [4.78, 5) is 6.86. The Morgan fingerprint density at radius 3 is 2.74 bits per heavy atom. The Morgan fingerprint density at radius 1 is 1.26 bits per heavy atom. The highest BCUT2D eigenvalue weighted by molar-refractivity contribution is 5.83. The highest BCUT2D eigenvalue weighted by Crippen LogP contribution is 2.23. The molecule has 1 heterocycles. The molecule has 0 atom stereocenters. The number of hydrogen-bond donors (Lipinski definition) is 0. The summed E-state index contributed by atoms with van der Waals surface area (Å²) in [5.74, 6) is 0.817. The predicted molar refractivity (Wildman–Crippen MR) is 79.3 cm³/mol. The minimum atomic E-state index is 0.664. The van der Waals surface area contributed by atoms with E-state index in [2.05, 4.69) is 29.8 Å². The number of para-hydroxylation sites is 1. The van der Waals surface area contributed by atoms with Gasteiger partial charge in [0.1, 0.15) is 11.9 Å². The Morgan fingerprint density at radius 2 is 2.05 bits per heavy atom. The van der Waals surface area contributed by atoms with Gasteiger partial charge in [0.2, 0.25) is 0 Å². The second-order valence-corrected chi connectivity index (χ2v) is 4.60. The van der Waals surface area contributed by atoms with Crippen molar-refractivity contribution in [1.29, 1.82) is 5.26 Å². The molecule has 0 aliphatic rings. The smallest absolute Gasteiger partial charge is 0.147 e. The summed E-state index contributed by atoms with van der Waals surface area (Å²) in [7, 11) is 0. The third-order valence-electron chi connectivity index (χ3n) is 3.29. The van der Waals surface area contributed by atoms with Gasteiger partial charge >= 0.3 is 0 Å². The molecule has 0 unspecified atom stereocenters. The van der Waals surface area contributed by atoms with Crippen LogP contribution in [-0.4, -0.2) is 18.1 Å². The van der Waals surface area contributed by atoms with Crippen LogP contribution in [0, 0.1) is 11.3 Å². The third-order valence-corrected chi connectivity index (χ3v) is 3.29. The van der Waals surface area contributed by atoms with E-state index in [1.165, 1.54) is 0 Å². The van der Waals surface area contributed by atoms with Gasteiger partial charge in [0, 0.05) is 18.5 Å². The molecule has 19 heavy (non-hydrogen) atoms. The molecule has 0 bridgehead atoms. The maximum absolute atomic E-state index is 9.33. The zero-order valence-corrected chi connectivity index (χ0v) is 11.6. The number of nitriles is 1. The lowest BCUT2D eigenvalue weighted by Crippen LogP contribution is -2.25. The molecular formula is C16H19N3. The molecule has 0 amide bonds. The van der Waals surface area contributed by atoms with E-state index in [0.29, 0.717) is 5.56 Å². The van der Waals surface area contributed by atoms with Crippen molar-refractivity contribution in [1.82, 2.24) is 4.98 Å². The molecule has 0 radical (unpaired) electrons. The van der Waals surface area contributed by atoms with Crippen molar-refractivity contribution in [3.63, 3.8) is 0 Å². The lowest BCUT2D eigenvalue weighted by Gasteiger charge is -2.23. The number of pyridine rings is 1. The topological polar surface area (TPSA) is 39.9 Å². The van der Waals surface area contributed by atoms with E-state index < -0.39 is 0 Å². The lowest BCUT2D eigenvalue weighted by atomic mass is 10.1. The molecule has 1 aromatic heterocycles. The van der Waals surface area contributed by atoms with Crippen LogP contribution in [-0.2, 0) is 0 Å². The maximum atomic E-state index is 9.33. The van der Waals surface area contributed by atoms with Crippen LogP contribution in [0.3, 0.4) is 0 Å². The first-order chi connectivity index (χ1) is 9.30. The molecule has 0 fully saturated rings. The van der Waals surface area contributed by atoms with Gasteiger partial charge in [0.15, 0.2) is 0 Å². The number of benzene rings is 1. The monoisotopic (exact) mass is 253 g/mol. The van der Waals surface area contributed by atoms with E-state index >= 15 is 0 Å². The zero-order valence-electron chi connectivity index (χ0n) is 11.6. The third kappa shape index (κ3) is 2.85. The average Bonchev–Trinajstić information content (AvgIpc) is 2.47. The fourth-order valence-electron chi connectivity index (χ4n) is 2.19. The average molecular weight is 253 g/mol. The Bertz CT molecular complexity index is 598. The molecule has 1 aromatic carbocycles. The Hall–Kier alpha value is -2.08. The van der Waals surface area contributed by atoms with Crippen molar-refractivity contribution < 1.29 is 0 Å². The van der Waals surface area contributed by atoms with Gasteiger partial charge in [-0.2, -0.15) is 5.26 Å². The maximum Gasteiger partial charge on any atom is 0.147 e. The van der Waals surface area contributed by atoms with Crippen LogP contribution in [0.1, 0.15) is 32.3 Å². The summed E-state index contributed by atoms with van der Waals surface area (Å²) in [6.45, 7) is 6.10. The molecule has 3 nitrogen and oxygen atoms in total. The quantitative estimate of drug-likeness (QED) is 0.815. The molecule has 0 saturated heterocycles. The van der Waals surface area contributed by atoms with E-state index in [4.69, 9.17) is 0 Å². The molecule has 2 aromatic rings. The van der Waals surface area contributed by atoms with Crippen molar-refractivity contribution in [2.45, 2.75) is 26.7 Å². The SMILES string of the molecule is CCCCN(CC)c1nc2ccccc2cc1C#N. The largest absolute Gasteiger partial charge is 0.356 e. The van der Waals surface area contributed by atoms with Crippen molar-refractivity contribution in [2.24, 2.45) is 0 Å². The Balaban J connectivity index is 2.48. The van der Waals surface area contributed by atoms with Crippen LogP contribution >= 0.6 is 0 Å². The number of anilines is 1. The standard InChI is InChI=1S/C16H19N3/c1-3-5-10-19(4-2)16-14(12-17)11-13-8-6-7-9-15(13)18-16/h6-9,11H,3-5,10H2,1-2H3. The van der Waals surface area contributed by atoms with Gasteiger partial charge in [0.25, 0.3) is 0 Å². The second kappa shape index (κ2) is 6.19. The van der Waals surface area contributed by atoms with Crippen LogP contribution in [0.4, 0.5) is 5.82 Å². The van der Waals surface area contributed by atoms with Gasteiger partial charge in [0.05, 0.1) is 11.1 Å². The predicted octanol–water partition coefficient (Wildman–Crippen LogP) is 3.73. The summed E-state index contributed by atoms with van der Waals surface area (Å²) in [6.07, 6.45) is 2.26. The molecule has 0 spiro atoms. The first-order valence-corrected chi connectivity index (χ1v) is 6.85. The molecule has 0 saturated carbocycles. The zero-order chi connectivity index (χ0) is 13.7. The Kier molecular flexibility index (Phi) is 4.35. The number of rotatable bonds is 5. The van der Waals surface area contributed by atoms with Crippen LogP contribution in [0.25, 0.3) is 10.9 Å². The van der Waals surface area contributed by atoms with Crippen molar-refractivity contribution in [3.8, 4) is 6.07 Å². The summed E-state index contributed by atoms with van der Waals surface area (Å²) < 4.78 is 0. The number of nitrogens with zero attached hydrogens (tertiary/aromatic N) is 3. The van der Waals surface area contributed by atoms with Crippen LogP contribution in [0.2, 0.25) is 0 Å². The normalized spacial score (nSPS) is 10.4. The number of fused-ring (bicyclic) bond motifs is 1. The van der Waals surface area contributed by atoms with Crippen LogP contribution in [0.5, 0.6) is 0 Å². The molecule has 0 aliphatic carbocycles. The van der Waals surface area contributed by atoms with Crippen molar-refractivity contribution >= 4 is 16.7 Å². The minimum absolute atomic E-state index is 0.664. The van der Waals surface area contributed by atoms with E-state index in [0.717, 1.165) is 42.7 Å². The van der Waals surface area contributed by atoms with E-state index in [1.807, 2.05) is 30.3 Å². The lowest BCUT2D eigenvalue weighted by molar-refractivity contribution is 0.724.